The van der Waals surface area contributed by atoms with Crippen LogP contribution in [0.2, 0.25) is 0 Å². The third kappa shape index (κ3) is 3.35. The number of carbonyl (C=O) groups is 1. The summed E-state index contributed by atoms with van der Waals surface area (Å²) in [4.78, 5) is 20.2. The van der Waals surface area contributed by atoms with Crippen LogP contribution in [0.3, 0.4) is 0 Å². The second-order valence-corrected chi connectivity index (χ2v) is 6.82. The lowest BCUT2D eigenvalue weighted by molar-refractivity contribution is -0.128. The number of nitrogens with one attached hydrogen (secondary N) is 2. The molecule has 5 nitrogen and oxygen atoms in total. The molecular formula is C21H23N3O2. The fraction of sp³-hybridized carbons (Fsp3) is 0.333. The average Bonchev–Trinajstić information content (AvgIpc) is 3.03. The Balaban J connectivity index is 1.52. The first-order valence-electron chi connectivity index (χ1n) is 9.10. The first-order chi connectivity index (χ1) is 12.7. The number of aromatic amines is 1. The van der Waals surface area contributed by atoms with Crippen molar-refractivity contribution in [3.63, 3.8) is 0 Å². The van der Waals surface area contributed by atoms with Crippen LogP contribution < -0.4 is 5.32 Å². The molecule has 0 bridgehead atoms. The molecule has 1 aliphatic heterocycles. The predicted molar refractivity (Wildman–Crippen MR) is 102 cm³/mol. The third-order valence-electron chi connectivity index (χ3n) is 5.10. The van der Waals surface area contributed by atoms with E-state index >= 15 is 0 Å². The highest BCUT2D eigenvalue weighted by Crippen LogP contribution is 2.29. The van der Waals surface area contributed by atoms with E-state index in [1.54, 1.807) is 6.20 Å². The number of benzene rings is 1. The van der Waals surface area contributed by atoms with Gasteiger partial charge in [0.1, 0.15) is 0 Å². The standard InChI is InChI=1S/C21H23N3O2/c1-14-17-12-15(13-23-21(25)16-7-10-26-11-8-16)5-6-18(17)24-20(14)19-4-2-3-9-22-19/h2-6,9,12,16,24H,7-8,10-11,13H2,1H3,(H,23,25). The van der Waals surface area contributed by atoms with Crippen LogP contribution in [0, 0.1) is 12.8 Å². The van der Waals surface area contributed by atoms with Gasteiger partial charge in [-0.25, -0.2) is 0 Å². The molecule has 0 aliphatic carbocycles. The molecular weight excluding hydrogens is 326 g/mol. The summed E-state index contributed by atoms with van der Waals surface area (Å²) in [5, 5.41) is 4.24. The number of pyridine rings is 1. The fourth-order valence-electron chi connectivity index (χ4n) is 3.54. The SMILES string of the molecule is Cc1c(-c2ccccn2)[nH]c2ccc(CNC(=O)C3CCOCC3)cc12. The van der Waals surface area contributed by atoms with Gasteiger partial charge in [-0.2, -0.15) is 0 Å². The van der Waals surface area contributed by atoms with Gasteiger partial charge in [-0.15, -0.1) is 0 Å². The summed E-state index contributed by atoms with van der Waals surface area (Å²) in [6.45, 7) is 4.02. The smallest absolute Gasteiger partial charge is 0.223 e. The molecule has 1 fully saturated rings. The number of nitrogens with zero attached hydrogens (tertiary/aromatic N) is 1. The molecule has 0 unspecified atom stereocenters. The third-order valence-corrected chi connectivity index (χ3v) is 5.10. The summed E-state index contributed by atoms with van der Waals surface area (Å²) in [5.74, 6) is 0.214. The molecule has 2 aromatic heterocycles. The van der Waals surface area contributed by atoms with Gasteiger partial charge >= 0.3 is 0 Å². The van der Waals surface area contributed by atoms with Crippen molar-refractivity contribution in [2.75, 3.05) is 13.2 Å². The highest BCUT2D eigenvalue weighted by molar-refractivity contribution is 5.90. The molecule has 5 heteroatoms. The summed E-state index contributed by atoms with van der Waals surface area (Å²) >= 11 is 0. The van der Waals surface area contributed by atoms with E-state index < -0.39 is 0 Å². The van der Waals surface area contributed by atoms with Gasteiger partial charge in [0.05, 0.1) is 11.4 Å². The largest absolute Gasteiger partial charge is 0.381 e. The minimum atomic E-state index is 0.0808. The minimum Gasteiger partial charge on any atom is -0.381 e. The molecule has 4 rings (SSSR count). The maximum Gasteiger partial charge on any atom is 0.223 e. The van der Waals surface area contributed by atoms with Crippen LogP contribution in [-0.2, 0) is 16.1 Å². The summed E-state index contributed by atoms with van der Waals surface area (Å²) in [6.07, 6.45) is 3.43. The molecule has 0 radical (unpaired) electrons. The zero-order valence-corrected chi connectivity index (χ0v) is 14.9. The first kappa shape index (κ1) is 16.8. The van der Waals surface area contributed by atoms with Gasteiger partial charge in [-0.05, 0) is 55.2 Å². The van der Waals surface area contributed by atoms with E-state index in [1.807, 2.05) is 18.2 Å². The molecule has 3 heterocycles. The number of hydrogen-bond acceptors (Lipinski definition) is 3. The molecule has 2 N–H and O–H groups in total. The number of hydrogen-bond donors (Lipinski definition) is 2. The molecule has 0 atom stereocenters. The number of ether oxygens (including phenoxy) is 1. The minimum absolute atomic E-state index is 0.0808. The number of carbonyl (C=O) groups excluding carboxylic acids is 1. The van der Waals surface area contributed by atoms with Crippen molar-refractivity contribution in [3.8, 4) is 11.4 Å². The monoisotopic (exact) mass is 349 g/mol. The van der Waals surface area contributed by atoms with Crippen LogP contribution in [0.4, 0.5) is 0 Å². The Morgan fingerprint density at radius 2 is 2.12 bits per heavy atom. The highest BCUT2D eigenvalue weighted by atomic mass is 16.5. The normalized spacial score (nSPS) is 15.3. The number of aromatic nitrogens is 2. The molecule has 0 saturated carbocycles. The van der Waals surface area contributed by atoms with E-state index in [0.29, 0.717) is 19.8 Å². The van der Waals surface area contributed by atoms with Crippen LogP contribution in [-0.4, -0.2) is 29.1 Å². The van der Waals surface area contributed by atoms with Gasteiger partial charge in [-0.1, -0.05) is 12.1 Å². The van der Waals surface area contributed by atoms with Gasteiger partial charge in [-0.3, -0.25) is 9.78 Å². The molecule has 3 aromatic rings. The lowest BCUT2D eigenvalue weighted by Crippen LogP contribution is -2.33. The molecule has 26 heavy (non-hydrogen) atoms. The first-order valence-corrected chi connectivity index (χ1v) is 9.10. The zero-order chi connectivity index (χ0) is 17.9. The van der Waals surface area contributed by atoms with E-state index in [-0.39, 0.29) is 11.8 Å². The Hall–Kier alpha value is -2.66. The van der Waals surface area contributed by atoms with Crippen LogP contribution in [0.25, 0.3) is 22.3 Å². The second kappa shape index (κ2) is 7.30. The molecule has 1 aromatic carbocycles. The van der Waals surface area contributed by atoms with Crippen molar-refractivity contribution in [1.82, 2.24) is 15.3 Å². The maximum atomic E-state index is 12.3. The lowest BCUT2D eigenvalue weighted by Gasteiger charge is -2.21. The maximum absolute atomic E-state index is 12.3. The lowest BCUT2D eigenvalue weighted by atomic mass is 9.99. The van der Waals surface area contributed by atoms with Crippen LogP contribution in [0.5, 0.6) is 0 Å². The quantitative estimate of drug-likeness (QED) is 0.756. The van der Waals surface area contributed by atoms with Crippen LogP contribution in [0.1, 0.15) is 24.0 Å². The number of H-pyrrole nitrogens is 1. The van der Waals surface area contributed by atoms with Crippen molar-refractivity contribution >= 4 is 16.8 Å². The summed E-state index contributed by atoms with van der Waals surface area (Å²) < 4.78 is 5.32. The Morgan fingerprint density at radius 1 is 1.27 bits per heavy atom. The molecule has 1 amide bonds. The van der Waals surface area contributed by atoms with Gasteiger partial charge in [0.2, 0.25) is 5.91 Å². The topological polar surface area (TPSA) is 67.0 Å². The Morgan fingerprint density at radius 3 is 2.88 bits per heavy atom. The van der Waals surface area contributed by atoms with Crippen molar-refractivity contribution in [1.29, 1.82) is 0 Å². The summed E-state index contributed by atoms with van der Waals surface area (Å²) in [6, 6.07) is 12.2. The van der Waals surface area contributed by atoms with Crippen LogP contribution in [0.15, 0.2) is 42.6 Å². The Labute approximate surface area is 152 Å². The zero-order valence-electron chi connectivity index (χ0n) is 14.9. The molecule has 1 saturated heterocycles. The van der Waals surface area contributed by atoms with Crippen molar-refractivity contribution in [2.45, 2.75) is 26.3 Å². The summed E-state index contributed by atoms with van der Waals surface area (Å²) in [5.41, 5.74) is 5.35. The van der Waals surface area contributed by atoms with Gasteiger partial charge in [0, 0.05) is 42.8 Å². The van der Waals surface area contributed by atoms with E-state index in [0.717, 1.165) is 35.3 Å². The van der Waals surface area contributed by atoms with Crippen molar-refractivity contribution in [2.24, 2.45) is 5.92 Å². The van der Waals surface area contributed by atoms with Gasteiger partial charge < -0.3 is 15.0 Å². The predicted octanol–water partition coefficient (Wildman–Crippen LogP) is 3.58. The van der Waals surface area contributed by atoms with Gasteiger partial charge in [0.15, 0.2) is 0 Å². The van der Waals surface area contributed by atoms with Crippen molar-refractivity contribution in [3.05, 3.63) is 53.7 Å². The molecule has 0 spiro atoms. The van der Waals surface area contributed by atoms with Crippen molar-refractivity contribution < 1.29 is 9.53 Å². The number of fused-ring (bicyclic) bond motifs is 1. The average molecular weight is 349 g/mol. The number of rotatable bonds is 4. The number of amides is 1. The highest BCUT2D eigenvalue weighted by Gasteiger charge is 2.21. The number of aryl methyl sites for hydroxylation is 1. The van der Waals surface area contributed by atoms with E-state index in [1.165, 1.54) is 10.9 Å². The van der Waals surface area contributed by atoms with E-state index in [9.17, 15) is 4.79 Å². The van der Waals surface area contributed by atoms with E-state index in [4.69, 9.17) is 4.74 Å². The van der Waals surface area contributed by atoms with Gasteiger partial charge in [0.25, 0.3) is 0 Å². The Kier molecular flexibility index (Phi) is 4.71. The fourth-order valence-corrected chi connectivity index (χ4v) is 3.54. The molecule has 1 aliphatic rings. The Bertz CT molecular complexity index is 912. The van der Waals surface area contributed by atoms with E-state index in [2.05, 4.69) is 40.4 Å². The second-order valence-electron chi connectivity index (χ2n) is 6.82. The molecule has 134 valence electrons. The summed E-state index contributed by atoms with van der Waals surface area (Å²) in [7, 11) is 0. The van der Waals surface area contributed by atoms with Crippen LogP contribution >= 0.6 is 0 Å².